The Balaban J connectivity index is 0.000000196. The number of nitrogens with zero attached hydrogens (tertiary/aromatic N) is 4. The van der Waals surface area contributed by atoms with E-state index in [1.807, 2.05) is 30.3 Å². The molecule has 0 saturated carbocycles. The molecule has 0 aliphatic carbocycles. The number of halogens is 5. The summed E-state index contributed by atoms with van der Waals surface area (Å²) in [5, 5.41) is 24.1. The Hall–Kier alpha value is -9.41. The first-order valence-electron chi connectivity index (χ1n) is 21.7. The second kappa shape index (κ2) is 20.5. The molecule has 0 saturated heterocycles. The van der Waals surface area contributed by atoms with Crippen LogP contribution in [0.3, 0.4) is 0 Å². The lowest BCUT2D eigenvalue weighted by Crippen LogP contribution is -2.37. The predicted octanol–water partition coefficient (Wildman–Crippen LogP) is 6.22. The van der Waals surface area contributed by atoms with Crippen molar-refractivity contribution in [2.24, 2.45) is 0 Å². The highest BCUT2D eigenvalue weighted by atomic mass is 19.4. The number of carboxylic acid groups (broad SMARTS) is 1. The van der Waals surface area contributed by atoms with Gasteiger partial charge in [0.2, 0.25) is 11.5 Å². The fourth-order valence-corrected chi connectivity index (χ4v) is 7.64. The third kappa shape index (κ3) is 10.4. The smallest absolute Gasteiger partial charge is 0.405 e. The summed E-state index contributed by atoms with van der Waals surface area (Å²) in [5.41, 5.74) is -0.270. The molecule has 4 N–H and O–H groups in total. The van der Waals surface area contributed by atoms with Crippen molar-refractivity contribution in [1.82, 2.24) is 29.7 Å². The summed E-state index contributed by atoms with van der Waals surface area (Å²) >= 11 is 0. The van der Waals surface area contributed by atoms with Gasteiger partial charge in [-0.2, -0.15) is 13.2 Å². The van der Waals surface area contributed by atoms with Gasteiger partial charge >= 0.3 is 18.1 Å². The van der Waals surface area contributed by atoms with E-state index in [9.17, 15) is 60.9 Å². The molecule has 73 heavy (non-hydrogen) atoms. The lowest BCUT2D eigenvalue weighted by atomic mass is 10.0. The van der Waals surface area contributed by atoms with Gasteiger partial charge in [0, 0.05) is 43.4 Å². The van der Waals surface area contributed by atoms with Gasteiger partial charge in [0.1, 0.15) is 52.4 Å². The summed E-state index contributed by atoms with van der Waals surface area (Å²) < 4.78 is 88.8. The predicted molar refractivity (Wildman–Crippen MR) is 249 cm³/mol. The second-order valence-corrected chi connectivity index (χ2v) is 15.9. The number of esters is 1. The highest BCUT2D eigenvalue weighted by Crippen LogP contribution is 2.40. The zero-order valence-corrected chi connectivity index (χ0v) is 38.0. The second-order valence-electron chi connectivity index (χ2n) is 15.9. The van der Waals surface area contributed by atoms with Crippen molar-refractivity contribution in [2.75, 3.05) is 20.2 Å². The van der Waals surface area contributed by atoms with Crippen LogP contribution in [0.4, 0.5) is 22.0 Å². The van der Waals surface area contributed by atoms with Crippen LogP contribution in [0.25, 0.3) is 34.5 Å². The topological polar surface area (TPSA) is 240 Å². The number of amides is 2. The molecule has 6 heterocycles. The maximum absolute atomic E-state index is 13.6. The average molecular weight is 1010 g/mol. The van der Waals surface area contributed by atoms with Gasteiger partial charge in [-0.15, -0.1) is 0 Å². The van der Waals surface area contributed by atoms with Crippen LogP contribution in [-0.2, 0) is 33.8 Å². The number of aliphatic carboxylic acids is 1. The van der Waals surface area contributed by atoms with Crippen molar-refractivity contribution >= 4 is 58.2 Å². The number of ether oxygens (including phenoxy) is 4. The fraction of sp³-hybridized carbons (Fsp3) is 0.160. The zero-order chi connectivity index (χ0) is 52.3. The lowest BCUT2D eigenvalue weighted by Gasteiger charge is -2.23. The largest absolute Gasteiger partial charge is 0.505 e. The Bertz CT molecular complexity index is 3560. The number of pyridine rings is 4. The molecular formula is C50H37F5N6O12. The standard InChI is InChI=1S/C28H21FN2O7.C22H16F4N4O5/c1-2-36-28(35)21-25(37-15-17-6-4-3-5-7-17)22-23-24(38-20(27(33)34)14-31(23)26(21)32)18(13-30-22)12-16-8-10-19(29)11-9-16;1-27-20(33)14-17(31)15-16-18(11(7-28-15)6-10-2-4-12(23)5-3-10)35-13(8-30(16)21(14)34)19(32)29-9-22(24,25)26/h3-11,13-14H,2,12,15H2,1H3,(H,33,34);2-5,7-8,31H,6,9H2,1H3,(H,27,33)(H,29,32). The van der Waals surface area contributed by atoms with Crippen molar-refractivity contribution in [1.29, 1.82) is 0 Å². The first-order valence-corrected chi connectivity index (χ1v) is 21.7. The van der Waals surface area contributed by atoms with Crippen LogP contribution >= 0.6 is 0 Å². The molecule has 374 valence electrons. The number of alkyl halides is 3. The Morgan fingerprint density at radius 1 is 0.712 bits per heavy atom. The Labute approximate surface area is 407 Å². The molecule has 3 aromatic carbocycles. The molecule has 0 atom stereocenters. The maximum atomic E-state index is 13.6. The van der Waals surface area contributed by atoms with E-state index in [1.54, 1.807) is 24.4 Å². The first kappa shape index (κ1) is 50.0. The van der Waals surface area contributed by atoms with E-state index in [-0.39, 0.29) is 70.9 Å². The average Bonchev–Trinajstić information content (AvgIpc) is 3.37. The third-order valence-electron chi connectivity index (χ3n) is 11.0. The number of carbonyl (C=O) groups is 4. The van der Waals surface area contributed by atoms with E-state index < -0.39 is 87.6 Å². The summed E-state index contributed by atoms with van der Waals surface area (Å²) in [6.07, 6.45) is 0.0907. The molecule has 0 spiro atoms. The highest BCUT2D eigenvalue weighted by molar-refractivity contribution is 6.05. The van der Waals surface area contributed by atoms with E-state index >= 15 is 0 Å². The van der Waals surface area contributed by atoms with Crippen LogP contribution < -0.4 is 36.0 Å². The van der Waals surface area contributed by atoms with Crippen molar-refractivity contribution in [3.63, 3.8) is 0 Å². The number of rotatable bonds is 13. The van der Waals surface area contributed by atoms with Crippen molar-refractivity contribution in [2.45, 2.75) is 32.5 Å². The first-order chi connectivity index (χ1) is 34.9. The minimum atomic E-state index is -4.70. The van der Waals surface area contributed by atoms with Gasteiger partial charge in [-0.25, -0.2) is 18.4 Å². The van der Waals surface area contributed by atoms with Crippen molar-refractivity contribution in [3.8, 4) is 23.0 Å². The number of aromatic nitrogens is 4. The monoisotopic (exact) mass is 1010 g/mol. The molecule has 4 aromatic heterocycles. The molecule has 0 radical (unpaired) electrons. The van der Waals surface area contributed by atoms with Crippen molar-refractivity contribution < 1.29 is 70.3 Å². The number of nitrogens with one attached hydrogen (secondary N) is 2. The van der Waals surface area contributed by atoms with Gasteiger partial charge in [0.15, 0.2) is 28.6 Å². The lowest BCUT2D eigenvalue weighted by molar-refractivity contribution is -0.137. The molecule has 18 nitrogen and oxygen atoms in total. The zero-order valence-electron chi connectivity index (χ0n) is 38.0. The van der Waals surface area contributed by atoms with E-state index in [0.29, 0.717) is 16.7 Å². The quantitative estimate of drug-likeness (QED) is 0.0742. The summed E-state index contributed by atoms with van der Waals surface area (Å²) in [6, 6.07) is 20.3. The van der Waals surface area contributed by atoms with Crippen LogP contribution in [0, 0.1) is 11.6 Å². The van der Waals surface area contributed by atoms with Gasteiger partial charge in [0.05, 0.1) is 19.0 Å². The van der Waals surface area contributed by atoms with Gasteiger partial charge in [-0.3, -0.25) is 38.3 Å². The van der Waals surface area contributed by atoms with Gasteiger partial charge in [-0.05, 0) is 47.9 Å². The Morgan fingerprint density at radius 3 is 1.77 bits per heavy atom. The summed E-state index contributed by atoms with van der Waals surface area (Å²) in [4.78, 5) is 84.8. The molecule has 2 aliphatic rings. The molecular weight excluding hydrogens is 972 g/mol. The van der Waals surface area contributed by atoms with Crippen LogP contribution in [0.5, 0.6) is 23.0 Å². The van der Waals surface area contributed by atoms with E-state index in [0.717, 1.165) is 27.1 Å². The molecule has 0 bridgehead atoms. The van der Waals surface area contributed by atoms with Gasteiger partial charge in [-0.1, -0.05) is 54.6 Å². The van der Waals surface area contributed by atoms with Crippen LogP contribution in [0.2, 0.25) is 0 Å². The maximum Gasteiger partial charge on any atom is 0.405 e. The Morgan fingerprint density at radius 2 is 1.23 bits per heavy atom. The van der Waals surface area contributed by atoms with E-state index in [4.69, 9.17) is 18.9 Å². The number of aromatic hydroxyl groups is 1. The Kier molecular flexibility index (Phi) is 14.0. The molecule has 23 heteroatoms. The molecule has 2 amide bonds. The van der Waals surface area contributed by atoms with E-state index in [2.05, 4.69) is 15.3 Å². The van der Waals surface area contributed by atoms with Gasteiger partial charge < -0.3 is 39.8 Å². The minimum Gasteiger partial charge on any atom is -0.505 e. The third-order valence-corrected chi connectivity index (χ3v) is 11.0. The number of benzene rings is 3. The van der Waals surface area contributed by atoms with Crippen LogP contribution in [-0.4, -0.2) is 79.4 Å². The summed E-state index contributed by atoms with van der Waals surface area (Å²) in [6.45, 7) is -0.0265. The van der Waals surface area contributed by atoms with Crippen LogP contribution in [0.15, 0.2) is 112 Å². The molecule has 0 unspecified atom stereocenters. The summed E-state index contributed by atoms with van der Waals surface area (Å²) in [5.74, 6) is -7.55. The molecule has 0 fully saturated rings. The van der Waals surface area contributed by atoms with Crippen LogP contribution in [0.1, 0.15) is 55.5 Å². The number of carboxylic acids is 1. The molecule has 2 aliphatic heterocycles. The number of carbonyl (C=O) groups excluding carboxylic acids is 3. The van der Waals surface area contributed by atoms with Crippen molar-refractivity contribution in [3.05, 3.63) is 174 Å². The molecule has 7 aromatic rings. The number of hydrogen-bond acceptors (Lipinski definition) is 13. The minimum absolute atomic E-state index is 0.00302. The normalized spacial score (nSPS) is 12.3. The fourth-order valence-electron chi connectivity index (χ4n) is 7.64. The SMILES string of the molecule is CCOC(=O)c1c(OCc2ccccc2)c2ncc(Cc3ccc(F)cc3)c3c2n(c1=O)C=C(C(=O)O)O3.CNC(=O)c1c(O)c2ncc(Cc3ccc(F)cc3)c3c2n(c1=O)C=C(C(=O)NCC(F)(F)F)O3. The number of hydrogen-bond donors (Lipinski definition) is 4. The van der Waals surface area contributed by atoms with E-state index in [1.165, 1.54) is 55.8 Å². The highest BCUT2D eigenvalue weighted by Gasteiger charge is 2.34. The molecule has 9 rings (SSSR count). The summed E-state index contributed by atoms with van der Waals surface area (Å²) in [7, 11) is 1.22. The van der Waals surface area contributed by atoms with Gasteiger partial charge in [0.25, 0.3) is 22.9 Å².